The predicted octanol–water partition coefficient (Wildman–Crippen LogP) is 5.45. The third kappa shape index (κ3) is 5.54. The highest BCUT2D eigenvalue weighted by molar-refractivity contribution is 5.81. The Morgan fingerprint density at radius 3 is 2.44 bits per heavy atom. The molecule has 0 saturated carbocycles. The van der Waals surface area contributed by atoms with Crippen LogP contribution in [0.4, 0.5) is 17.1 Å². The number of fused-ring (bicyclic) bond motifs is 1. The highest BCUT2D eigenvalue weighted by atomic mass is 15.1. The van der Waals surface area contributed by atoms with Gasteiger partial charge >= 0.3 is 0 Å². The molecule has 1 aromatic heterocycles. The number of nitrogens with two attached hydrogens (primary N) is 1. The van der Waals surface area contributed by atoms with Crippen LogP contribution in [-0.2, 0) is 13.0 Å². The molecular weight excluding hydrogens is 442 g/mol. The number of hydrogen-bond acceptors (Lipinski definition) is 4. The Bertz CT molecular complexity index is 1300. The summed E-state index contributed by atoms with van der Waals surface area (Å²) in [6.45, 7) is 3.84. The summed E-state index contributed by atoms with van der Waals surface area (Å²) >= 11 is 0. The zero-order valence-electron chi connectivity index (χ0n) is 20.7. The molecular formula is C31H34N5+. The normalized spacial score (nSPS) is 17.2. The van der Waals surface area contributed by atoms with Crippen molar-refractivity contribution < 1.29 is 0 Å². The van der Waals surface area contributed by atoms with E-state index in [0.29, 0.717) is 0 Å². The van der Waals surface area contributed by atoms with Crippen LogP contribution < -0.4 is 20.9 Å². The summed E-state index contributed by atoms with van der Waals surface area (Å²) in [6, 6.07) is 31.8. The van der Waals surface area contributed by atoms with Crippen molar-refractivity contribution in [3.8, 4) is 0 Å². The van der Waals surface area contributed by atoms with Gasteiger partial charge < -0.3 is 16.4 Å². The zero-order chi connectivity index (χ0) is 24.7. The highest BCUT2D eigenvalue weighted by Crippen LogP contribution is 2.29. The number of aromatic nitrogens is 1. The lowest BCUT2D eigenvalue weighted by atomic mass is 9.95. The first-order valence-electron chi connectivity index (χ1n) is 12.7. The van der Waals surface area contributed by atoms with Crippen molar-refractivity contribution in [3.63, 3.8) is 0 Å². The fourth-order valence-electron chi connectivity index (χ4n) is 4.81. The molecule has 4 N–H and O–H groups in total. The fourth-order valence-corrected chi connectivity index (χ4v) is 4.81. The van der Waals surface area contributed by atoms with Gasteiger partial charge in [-0.3, -0.25) is 4.98 Å². The molecule has 1 aliphatic rings. The van der Waals surface area contributed by atoms with Gasteiger partial charge in [0.2, 0.25) is 11.4 Å². The third-order valence-electron chi connectivity index (χ3n) is 6.96. The van der Waals surface area contributed by atoms with Crippen molar-refractivity contribution in [2.45, 2.75) is 32.0 Å². The molecule has 0 aliphatic carbocycles. The molecule has 0 bridgehead atoms. The second-order valence-electron chi connectivity index (χ2n) is 9.50. The second kappa shape index (κ2) is 11.3. The summed E-state index contributed by atoms with van der Waals surface area (Å²) < 4.78 is 2.28. The molecule has 1 aliphatic heterocycles. The van der Waals surface area contributed by atoms with Crippen LogP contribution in [0.2, 0.25) is 0 Å². The van der Waals surface area contributed by atoms with Crippen LogP contribution in [0.25, 0.3) is 0 Å². The van der Waals surface area contributed by atoms with E-state index >= 15 is 0 Å². The summed E-state index contributed by atoms with van der Waals surface area (Å²) in [5.74, 6) is 0.260. The number of rotatable bonds is 8. The lowest BCUT2D eigenvalue weighted by Crippen LogP contribution is -2.39. The average Bonchev–Trinajstić information content (AvgIpc) is 2.95. The quantitative estimate of drug-likeness (QED) is 0.234. The molecule has 0 spiro atoms. The minimum absolute atomic E-state index is 0.0276. The maximum atomic E-state index is 6.58. The lowest BCUT2D eigenvalue weighted by Gasteiger charge is -2.23. The van der Waals surface area contributed by atoms with Crippen molar-refractivity contribution >= 4 is 23.3 Å². The van der Waals surface area contributed by atoms with E-state index in [4.69, 9.17) is 5.73 Å². The molecule has 182 valence electrons. The van der Waals surface area contributed by atoms with Gasteiger partial charge in [0, 0.05) is 49.7 Å². The van der Waals surface area contributed by atoms with E-state index in [-0.39, 0.29) is 18.0 Å². The molecule has 36 heavy (non-hydrogen) atoms. The van der Waals surface area contributed by atoms with Gasteiger partial charge in [-0.25, -0.2) is 0 Å². The Kier molecular flexibility index (Phi) is 7.50. The van der Waals surface area contributed by atoms with Crippen molar-refractivity contribution in [1.82, 2.24) is 14.9 Å². The maximum absolute atomic E-state index is 6.58. The van der Waals surface area contributed by atoms with E-state index in [1.807, 2.05) is 30.6 Å². The molecule has 0 radical (unpaired) electrons. The average molecular weight is 477 g/mol. The number of benzene rings is 3. The van der Waals surface area contributed by atoms with Crippen LogP contribution in [0.3, 0.4) is 0 Å². The molecule has 0 fully saturated rings. The van der Waals surface area contributed by atoms with Crippen LogP contribution in [0.5, 0.6) is 0 Å². The van der Waals surface area contributed by atoms with E-state index in [9.17, 15) is 0 Å². The van der Waals surface area contributed by atoms with Gasteiger partial charge in [0.15, 0.2) is 6.21 Å². The van der Waals surface area contributed by atoms with E-state index < -0.39 is 0 Å². The van der Waals surface area contributed by atoms with Gasteiger partial charge in [0.1, 0.15) is 5.69 Å². The summed E-state index contributed by atoms with van der Waals surface area (Å²) in [5.41, 5.74) is 13.8. The van der Waals surface area contributed by atoms with Crippen LogP contribution in [-0.4, -0.2) is 23.8 Å². The van der Waals surface area contributed by atoms with Crippen molar-refractivity contribution in [2.75, 3.05) is 11.9 Å². The number of para-hydroxylation sites is 2. The van der Waals surface area contributed by atoms with Gasteiger partial charge in [0.25, 0.3) is 0 Å². The van der Waals surface area contributed by atoms with E-state index in [1.54, 1.807) is 0 Å². The summed E-state index contributed by atoms with van der Waals surface area (Å²) in [4.78, 5) is 4.24. The molecule has 5 nitrogen and oxygen atoms in total. The monoisotopic (exact) mass is 476 g/mol. The molecule has 2 unspecified atom stereocenters. The standard InChI is InChI=1S/C31H34N5/c1-23(31(32)24-9-3-2-4-10-24)20-35-29-13-7-8-14-30(29)36(28-15-17-33-18-16-28)22-27-19-25-11-5-6-12-26(25)21-34-27/h2-18,22-23,27,31,34-35H,19-21,32H2,1H3/q+1/t23?,27-,31?/m0/s1. The topological polar surface area (TPSA) is 66.0 Å². The first kappa shape index (κ1) is 23.9. The molecule has 4 aromatic rings. The van der Waals surface area contributed by atoms with Gasteiger partial charge in [-0.05, 0) is 35.1 Å². The highest BCUT2D eigenvalue weighted by Gasteiger charge is 2.24. The van der Waals surface area contributed by atoms with Gasteiger partial charge in [0.05, 0.1) is 6.04 Å². The van der Waals surface area contributed by atoms with Gasteiger partial charge in [-0.1, -0.05) is 73.7 Å². The van der Waals surface area contributed by atoms with Gasteiger partial charge in [-0.15, -0.1) is 0 Å². The SMILES string of the molecule is CC(CNc1ccccc1[N+](=C[C@@H]1Cc2ccccc2CN1)c1ccncc1)C(N)c1ccccc1. The Hall–Kier alpha value is -3.80. The molecule has 2 heterocycles. The largest absolute Gasteiger partial charge is 0.379 e. The summed E-state index contributed by atoms with van der Waals surface area (Å²) in [6.07, 6.45) is 6.94. The lowest BCUT2D eigenvalue weighted by molar-refractivity contribution is 0.493. The molecule has 3 atom stereocenters. The van der Waals surface area contributed by atoms with E-state index in [0.717, 1.165) is 42.1 Å². The number of pyridine rings is 1. The van der Waals surface area contributed by atoms with Crippen LogP contribution in [0, 0.1) is 5.92 Å². The number of nitrogens with zero attached hydrogens (tertiary/aromatic N) is 2. The molecule has 5 rings (SSSR count). The molecule has 0 saturated heterocycles. The Balaban J connectivity index is 1.42. The Labute approximate surface area is 213 Å². The number of nitrogens with one attached hydrogen (secondary N) is 2. The second-order valence-corrected chi connectivity index (χ2v) is 9.50. The minimum atomic E-state index is -0.0276. The van der Waals surface area contributed by atoms with Crippen LogP contribution in [0.15, 0.2) is 103 Å². The summed E-state index contributed by atoms with van der Waals surface area (Å²) in [7, 11) is 0. The zero-order valence-corrected chi connectivity index (χ0v) is 20.7. The predicted molar refractivity (Wildman–Crippen MR) is 150 cm³/mol. The van der Waals surface area contributed by atoms with E-state index in [2.05, 4.69) is 106 Å². The van der Waals surface area contributed by atoms with Crippen molar-refractivity contribution in [3.05, 3.63) is 120 Å². The number of anilines is 1. The molecule has 0 amide bonds. The Morgan fingerprint density at radius 1 is 0.944 bits per heavy atom. The molecule has 3 aromatic carbocycles. The fraction of sp³-hybridized carbons (Fsp3) is 0.226. The van der Waals surface area contributed by atoms with Gasteiger partial charge in [-0.2, -0.15) is 4.58 Å². The van der Waals surface area contributed by atoms with Crippen LogP contribution >= 0.6 is 0 Å². The minimum Gasteiger partial charge on any atom is -0.379 e. The summed E-state index contributed by atoms with van der Waals surface area (Å²) in [5, 5.41) is 7.39. The third-order valence-corrected chi connectivity index (χ3v) is 6.96. The van der Waals surface area contributed by atoms with Crippen LogP contribution in [0.1, 0.15) is 29.7 Å². The Morgan fingerprint density at radius 2 is 1.64 bits per heavy atom. The first-order chi connectivity index (χ1) is 17.7. The smallest absolute Gasteiger partial charge is 0.234 e. The first-order valence-corrected chi connectivity index (χ1v) is 12.7. The van der Waals surface area contributed by atoms with Crippen molar-refractivity contribution in [1.29, 1.82) is 0 Å². The van der Waals surface area contributed by atoms with Crippen molar-refractivity contribution in [2.24, 2.45) is 11.7 Å². The molecule has 5 heteroatoms. The maximum Gasteiger partial charge on any atom is 0.234 e. The van der Waals surface area contributed by atoms with E-state index in [1.165, 1.54) is 11.1 Å². The number of hydrogen-bond donors (Lipinski definition) is 3.